The lowest BCUT2D eigenvalue weighted by molar-refractivity contribution is 0.251. The molecule has 0 heterocycles. The van der Waals surface area contributed by atoms with E-state index in [0.717, 1.165) is 24.1 Å². The van der Waals surface area contributed by atoms with Crippen molar-refractivity contribution >= 4 is 11.7 Å². The van der Waals surface area contributed by atoms with Crippen LogP contribution in [0.1, 0.15) is 31.4 Å². The summed E-state index contributed by atoms with van der Waals surface area (Å²) in [6.45, 7) is 1.90. The number of hydrogen-bond donors (Lipinski definition) is 3. The van der Waals surface area contributed by atoms with Crippen molar-refractivity contribution < 1.29 is 4.79 Å². The summed E-state index contributed by atoms with van der Waals surface area (Å²) in [5, 5.41) is 5.71. The summed E-state index contributed by atoms with van der Waals surface area (Å²) >= 11 is 0. The zero-order chi connectivity index (χ0) is 11.5. The molecule has 1 aliphatic rings. The fraction of sp³-hybridized carbons (Fsp3) is 0.417. The number of nitrogens with one attached hydrogen (secondary N) is 2. The molecule has 4 N–H and O–H groups in total. The van der Waals surface area contributed by atoms with E-state index in [1.54, 1.807) is 0 Å². The highest BCUT2D eigenvalue weighted by Crippen LogP contribution is 2.22. The topological polar surface area (TPSA) is 67.1 Å². The molecule has 0 saturated heterocycles. The first-order valence-corrected chi connectivity index (χ1v) is 5.59. The van der Waals surface area contributed by atoms with Gasteiger partial charge in [-0.05, 0) is 31.4 Å². The normalized spacial score (nSPS) is 16.6. The Kier molecular flexibility index (Phi) is 3.10. The van der Waals surface area contributed by atoms with Crippen LogP contribution in [0.5, 0.6) is 0 Å². The van der Waals surface area contributed by atoms with Crippen molar-refractivity contribution in [1.82, 2.24) is 5.32 Å². The van der Waals surface area contributed by atoms with Crippen molar-refractivity contribution in [2.45, 2.75) is 31.8 Å². The van der Waals surface area contributed by atoms with Crippen molar-refractivity contribution in [2.75, 3.05) is 5.32 Å². The van der Waals surface area contributed by atoms with Gasteiger partial charge < -0.3 is 16.4 Å². The fourth-order valence-electron chi connectivity index (χ4n) is 1.58. The predicted octanol–water partition coefficient (Wildman–Crippen LogP) is 1.99. The predicted molar refractivity (Wildman–Crippen MR) is 64.2 cm³/mol. The number of para-hydroxylation sites is 1. The molecule has 1 atom stereocenters. The minimum Gasteiger partial charge on any atom is -0.335 e. The molecule has 1 unspecified atom stereocenters. The number of rotatable bonds is 3. The largest absolute Gasteiger partial charge is 0.335 e. The maximum Gasteiger partial charge on any atom is 0.319 e. The highest BCUT2D eigenvalue weighted by atomic mass is 16.2. The summed E-state index contributed by atoms with van der Waals surface area (Å²) in [4.78, 5) is 11.6. The second-order valence-electron chi connectivity index (χ2n) is 4.25. The van der Waals surface area contributed by atoms with Gasteiger partial charge in [-0.25, -0.2) is 4.79 Å². The van der Waals surface area contributed by atoms with Gasteiger partial charge in [-0.15, -0.1) is 0 Å². The number of anilines is 1. The van der Waals surface area contributed by atoms with Gasteiger partial charge in [-0.1, -0.05) is 18.2 Å². The second kappa shape index (κ2) is 4.53. The van der Waals surface area contributed by atoms with Gasteiger partial charge in [0.25, 0.3) is 0 Å². The SMILES string of the molecule is CC(N)c1ccccc1NC(=O)NC1CC1. The molecule has 1 saturated carbocycles. The van der Waals surface area contributed by atoms with Crippen LogP contribution < -0.4 is 16.4 Å². The van der Waals surface area contributed by atoms with E-state index in [0.29, 0.717) is 6.04 Å². The van der Waals surface area contributed by atoms with Crippen LogP contribution in [0.4, 0.5) is 10.5 Å². The van der Waals surface area contributed by atoms with E-state index in [4.69, 9.17) is 5.73 Å². The number of carbonyl (C=O) groups is 1. The Morgan fingerprint density at radius 1 is 1.44 bits per heavy atom. The van der Waals surface area contributed by atoms with Gasteiger partial charge in [-0.2, -0.15) is 0 Å². The number of nitrogens with two attached hydrogens (primary N) is 1. The van der Waals surface area contributed by atoms with Crippen LogP contribution in [-0.4, -0.2) is 12.1 Å². The number of carbonyl (C=O) groups excluding carboxylic acids is 1. The fourth-order valence-corrected chi connectivity index (χ4v) is 1.58. The van der Waals surface area contributed by atoms with Gasteiger partial charge in [0.2, 0.25) is 0 Å². The summed E-state index contributed by atoms with van der Waals surface area (Å²) in [7, 11) is 0. The quantitative estimate of drug-likeness (QED) is 0.727. The first kappa shape index (κ1) is 11.0. The maximum atomic E-state index is 11.6. The van der Waals surface area contributed by atoms with Crippen LogP contribution in [-0.2, 0) is 0 Å². The number of hydrogen-bond acceptors (Lipinski definition) is 2. The number of amides is 2. The van der Waals surface area contributed by atoms with Crippen LogP contribution in [0.2, 0.25) is 0 Å². The lowest BCUT2D eigenvalue weighted by atomic mass is 10.1. The van der Waals surface area contributed by atoms with Gasteiger partial charge in [0.1, 0.15) is 0 Å². The smallest absolute Gasteiger partial charge is 0.319 e. The van der Waals surface area contributed by atoms with E-state index in [2.05, 4.69) is 10.6 Å². The Bertz CT molecular complexity index is 386. The molecule has 0 bridgehead atoms. The molecule has 2 amide bonds. The molecular formula is C12H17N3O. The standard InChI is InChI=1S/C12H17N3O/c1-8(13)10-4-2-3-5-11(10)15-12(16)14-9-6-7-9/h2-5,8-9H,6-7,13H2,1H3,(H2,14,15,16). The molecule has 0 radical (unpaired) electrons. The zero-order valence-electron chi connectivity index (χ0n) is 9.36. The van der Waals surface area contributed by atoms with E-state index in [-0.39, 0.29) is 12.1 Å². The number of benzene rings is 1. The Hall–Kier alpha value is -1.55. The maximum absolute atomic E-state index is 11.6. The van der Waals surface area contributed by atoms with E-state index in [1.807, 2.05) is 31.2 Å². The molecule has 0 aromatic heterocycles. The Morgan fingerprint density at radius 3 is 2.75 bits per heavy atom. The lowest BCUT2D eigenvalue weighted by Crippen LogP contribution is -2.31. The van der Waals surface area contributed by atoms with Gasteiger partial charge in [0.15, 0.2) is 0 Å². The van der Waals surface area contributed by atoms with Crippen LogP contribution in [0.3, 0.4) is 0 Å². The van der Waals surface area contributed by atoms with Crippen molar-refractivity contribution in [2.24, 2.45) is 5.73 Å². The minimum absolute atomic E-state index is 0.0857. The van der Waals surface area contributed by atoms with Crippen LogP contribution in [0.25, 0.3) is 0 Å². The van der Waals surface area contributed by atoms with Gasteiger partial charge in [0, 0.05) is 17.8 Å². The van der Waals surface area contributed by atoms with E-state index >= 15 is 0 Å². The van der Waals surface area contributed by atoms with Crippen molar-refractivity contribution in [3.8, 4) is 0 Å². The summed E-state index contributed by atoms with van der Waals surface area (Å²) in [5.41, 5.74) is 7.57. The van der Waals surface area contributed by atoms with Gasteiger partial charge >= 0.3 is 6.03 Å². The average molecular weight is 219 g/mol. The molecule has 16 heavy (non-hydrogen) atoms. The minimum atomic E-state index is -0.143. The number of urea groups is 1. The third-order valence-corrected chi connectivity index (χ3v) is 2.61. The molecule has 2 rings (SSSR count). The van der Waals surface area contributed by atoms with Crippen LogP contribution in [0.15, 0.2) is 24.3 Å². The molecule has 1 aromatic carbocycles. The van der Waals surface area contributed by atoms with Crippen LogP contribution in [0, 0.1) is 0 Å². The molecule has 0 aliphatic heterocycles. The van der Waals surface area contributed by atoms with Crippen molar-refractivity contribution in [3.63, 3.8) is 0 Å². The summed E-state index contributed by atoms with van der Waals surface area (Å²) in [6, 6.07) is 7.74. The molecule has 1 fully saturated rings. The highest BCUT2D eigenvalue weighted by Gasteiger charge is 2.23. The highest BCUT2D eigenvalue weighted by molar-refractivity contribution is 5.90. The molecule has 86 valence electrons. The average Bonchev–Trinajstić information content (AvgIpc) is 3.02. The summed E-state index contributed by atoms with van der Waals surface area (Å²) in [5.74, 6) is 0. The Labute approximate surface area is 95.2 Å². The summed E-state index contributed by atoms with van der Waals surface area (Å²) in [6.07, 6.45) is 2.17. The van der Waals surface area contributed by atoms with Gasteiger partial charge in [0.05, 0.1) is 0 Å². The first-order valence-electron chi connectivity index (χ1n) is 5.59. The third kappa shape index (κ3) is 2.73. The van der Waals surface area contributed by atoms with Crippen molar-refractivity contribution in [1.29, 1.82) is 0 Å². The van der Waals surface area contributed by atoms with Crippen molar-refractivity contribution in [3.05, 3.63) is 29.8 Å². The van der Waals surface area contributed by atoms with E-state index in [1.165, 1.54) is 0 Å². The third-order valence-electron chi connectivity index (χ3n) is 2.61. The molecule has 4 nitrogen and oxygen atoms in total. The molecule has 0 spiro atoms. The lowest BCUT2D eigenvalue weighted by Gasteiger charge is -2.13. The molecule has 1 aliphatic carbocycles. The summed E-state index contributed by atoms with van der Waals surface area (Å²) < 4.78 is 0. The first-order chi connectivity index (χ1) is 7.66. The molecular weight excluding hydrogens is 202 g/mol. The van der Waals surface area contributed by atoms with E-state index < -0.39 is 0 Å². The monoisotopic (exact) mass is 219 g/mol. The Morgan fingerprint density at radius 2 is 2.12 bits per heavy atom. The second-order valence-corrected chi connectivity index (χ2v) is 4.25. The van der Waals surface area contributed by atoms with Crippen LogP contribution >= 0.6 is 0 Å². The Balaban J connectivity index is 2.04. The zero-order valence-corrected chi connectivity index (χ0v) is 9.36. The van der Waals surface area contributed by atoms with E-state index in [9.17, 15) is 4.79 Å². The molecule has 4 heteroatoms. The molecule has 1 aromatic rings. The van der Waals surface area contributed by atoms with Gasteiger partial charge in [-0.3, -0.25) is 0 Å².